The number of hydrogen-bond donors (Lipinski definition) is 1. The molecule has 170 valence electrons. The topological polar surface area (TPSA) is 94.4 Å². The van der Waals surface area contributed by atoms with E-state index in [9.17, 15) is 4.79 Å². The first kappa shape index (κ1) is 19.1. The number of amides is 2. The molecule has 5 fully saturated rings. The zero-order chi connectivity index (χ0) is 21.7. The molecule has 7 rings (SSSR count). The molecule has 0 atom stereocenters. The number of aromatic amines is 1. The van der Waals surface area contributed by atoms with Crippen LogP contribution in [0.3, 0.4) is 0 Å². The Kier molecular flexibility index (Phi) is 3.78. The molecule has 3 aliphatic heterocycles. The second-order valence-electron chi connectivity index (χ2n) is 11.4. The van der Waals surface area contributed by atoms with Crippen molar-refractivity contribution in [2.24, 2.45) is 10.8 Å². The molecule has 5 heterocycles. The molecule has 0 radical (unpaired) electrons. The highest BCUT2D eigenvalue weighted by atomic mass is 16.4. The molecule has 9 heteroatoms. The Bertz CT molecular complexity index is 1060. The number of aromatic nitrogens is 4. The fraction of sp³-hybridized carbons (Fsp3) is 0.739. The third-order valence-electron chi connectivity index (χ3n) is 8.36. The summed E-state index contributed by atoms with van der Waals surface area (Å²) in [5.41, 5.74) is 1.62. The molecule has 0 aromatic carbocycles. The summed E-state index contributed by atoms with van der Waals surface area (Å²) >= 11 is 0. The van der Waals surface area contributed by atoms with Crippen LogP contribution in [0.1, 0.15) is 66.5 Å². The Morgan fingerprint density at radius 1 is 0.969 bits per heavy atom. The van der Waals surface area contributed by atoms with Gasteiger partial charge in [0.2, 0.25) is 0 Å². The van der Waals surface area contributed by atoms with E-state index in [1.807, 2.05) is 18.7 Å². The number of oxazole rings is 1. The maximum absolute atomic E-state index is 12.9. The van der Waals surface area contributed by atoms with Gasteiger partial charge in [-0.1, -0.05) is 0 Å². The van der Waals surface area contributed by atoms with Gasteiger partial charge in [-0.15, -0.1) is 10.2 Å². The van der Waals surface area contributed by atoms with Crippen molar-refractivity contribution in [2.45, 2.75) is 57.9 Å². The molecule has 0 bridgehead atoms. The number of rotatable bonds is 4. The van der Waals surface area contributed by atoms with E-state index in [-0.39, 0.29) is 6.03 Å². The van der Waals surface area contributed by atoms with Crippen LogP contribution in [0.2, 0.25) is 0 Å². The van der Waals surface area contributed by atoms with Gasteiger partial charge in [0.1, 0.15) is 17.4 Å². The number of nitrogens with zero attached hydrogens (tertiary/aromatic N) is 6. The van der Waals surface area contributed by atoms with E-state index in [1.54, 1.807) is 0 Å². The lowest BCUT2D eigenvalue weighted by atomic mass is 9.57. The molecular formula is C23H31N7O2. The quantitative estimate of drug-likeness (QED) is 0.789. The first-order valence-electron chi connectivity index (χ1n) is 12.0. The summed E-state index contributed by atoms with van der Waals surface area (Å²) in [6, 6.07) is 0.237. The van der Waals surface area contributed by atoms with Gasteiger partial charge in [-0.05, 0) is 32.6 Å². The van der Waals surface area contributed by atoms with Crippen LogP contribution in [0.15, 0.2) is 4.42 Å². The number of H-pyrrole nitrogens is 1. The SMILES string of the molecule is Cc1nc(C)c(CN2CC3(C2)CN(C(=O)N2CC4(CC(c5nnc(C6CC6)[nH]5)C4)C2)C3)o1. The van der Waals surface area contributed by atoms with Gasteiger partial charge >= 0.3 is 6.03 Å². The molecule has 2 aromatic heterocycles. The second-order valence-corrected chi connectivity index (χ2v) is 11.4. The van der Waals surface area contributed by atoms with Gasteiger partial charge in [-0.3, -0.25) is 4.90 Å². The lowest BCUT2D eigenvalue weighted by molar-refractivity contribution is -0.118. The van der Waals surface area contributed by atoms with Gasteiger partial charge in [0.15, 0.2) is 5.89 Å². The van der Waals surface area contributed by atoms with Crippen LogP contribution in [0.5, 0.6) is 0 Å². The highest BCUT2D eigenvalue weighted by molar-refractivity contribution is 5.77. The van der Waals surface area contributed by atoms with Crippen LogP contribution in [0.25, 0.3) is 0 Å². The Labute approximate surface area is 187 Å². The lowest BCUT2D eigenvalue weighted by Gasteiger charge is -2.63. The molecule has 2 aliphatic carbocycles. The Hall–Kier alpha value is -2.42. The Balaban J connectivity index is 0.858. The Morgan fingerprint density at radius 2 is 1.59 bits per heavy atom. The van der Waals surface area contributed by atoms with Gasteiger partial charge in [0.05, 0.1) is 12.2 Å². The van der Waals surface area contributed by atoms with Crippen LogP contribution in [0.4, 0.5) is 4.79 Å². The molecule has 2 aromatic rings. The minimum absolute atomic E-state index is 0.237. The van der Waals surface area contributed by atoms with Crippen molar-refractivity contribution in [1.29, 1.82) is 0 Å². The van der Waals surface area contributed by atoms with Crippen LogP contribution in [0, 0.1) is 24.7 Å². The zero-order valence-corrected chi connectivity index (χ0v) is 18.9. The molecule has 2 saturated carbocycles. The molecule has 2 spiro atoms. The number of carbonyl (C=O) groups is 1. The monoisotopic (exact) mass is 437 g/mol. The van der Waals surface area contributed by atoms with Crippen LogP contribution in [-0.4, -0.2) is 80.2 Å². The van der Waals surface area contributed by atoms with E-state index in [4.69, 9.17) is 4.42 Å². The zero-order valence-electron chi connectivity index (χ0n) is 18.9. The first-order chi connectivity index (χ1) is 15.4. The minimum atomic E-state index is 0.237. The normalized spacial score (nSPS) is 26.1. The summed E-state index contributed by atoms with van der Waals surface area (Å²) in [4.78, 5) is 27.2. The highest BCUT2D eigenvalue weighted by Gasteiger charge is 2.58. The fourth-order valence-corrected chi connectivity index (χ4v) is 6.59. The molecule has 3 saturated heterocycles. The number of likely N-dealkylation sites (tertiary alicyclic amines) is 3. The first-order valence-corrected chi connectivity index (χ1v) is 12.0. The number of carbonyl (C=O) groups excluding carboxylic acids is 1. The molecule has 32 heavy (non-hydrogen) atoms. The van der Waals surface area contributed by atoms with E-state index in [1.165, 1.54) is 12.8 Å². The number of aryl methyl sites for hydroxylation is 2. The second kappa shape index (κ2) is 6.34. The molecule has 1 N–H and O–H groups in total. The molecule has 5 aliphatic rings. The van der Waals surface area contributed by atoms with Gasteiger partial charge in [0.25, 0.3) is 0 Å². The van der Waals surface area contributed by atoms with Crippen LogP contribution < -0.4 is 0 Å². The summed E-state index contributed by atoms with van der Waals surface area (Å²) < 4.78 is 5.71. The lowest BCUT2D eigenvalue weighted by Crippen LogP contribution is -2.75. The molecule has 2 amide bonds. The van der Waals surface area contributed by atoms with Crippen LogP contribution in [-0.2, 0) is 6.54 Å². The number of urea groups is 1. The average molecular weight is 438 g/mol. The summed E-state index contributed by atoms with van der Waals surface area (Å²) in [5, 5.41) is 8.72. The van der Waals surface area contributed by atoms with Crippen molar-refractivity contribution in [2.75, 3.05) is 39.3 Å². The van der Waals surface area contributed by atoms with Crippen molar-refractivity contribution >= 4 is 6.03 Å². The van der Waals surface area contributed by atoms with Crippen molar-refractivity contribution in [3.8, 4) is 0 Å². The summed E-state index contributed by atoms with van der Waals surface area (Å²) in [5.74, 6) is 4.98. The summed E-state index contributed by atoms with van der Waals surface area (Å²) in [7, 11) is 0. The van der Waals surface area contributed by atoms with Gasteiger partial charge in [-0.2, -0.15) is 0 Å². The number of nitrogens with one attached hydrogen (secondary N) is 1. The van der Waals surface area contributed by atoms with Crippen LogP contribution >= 0.6 is 0 Å². The summed E-state index contributed by atoms with van der Waals surface area (Å²) in [6.45, 7) is 10.4. The maximum atomic E-state index is 12.9. The summed E-state index contributed by atoms with van der Waals surface area (Å²) in [6.07, 6.45) is 4.76. The highest BCUT2D eigenvalue weighted by Crippen LogP contribution is 2.56. The maximum Gasteiger partial charge on any atom is 0.320 e. The fourth-order valence-electron chi connectivity index (χ4n) is 6.59. The van der Waals surface area contributed by atoms with Crippen molar-refractivity contribution in [3.05, 3.63) is 29.0 Å². The van der Waals surface area contributed by atoms with Crippen molar-refractivity contribution in [1.82, 2.24) is 34.9 Å². The van der Waals surface area contributed by atoms with E-state index in [0.717, 1.165) is 87.6 Å². The van der Waals surface area contributed by atoms with Gasteiger partial charge in [-0.25, -0.2) is 9.78 Å². The molecule has 0 unspecified atom stereocenters. The number of hydrogen-bond acceptors (Lipinski definition) is 6. The average Bonchev–Trinajstić information content (AvgIpc) is 3.28. The van der Waals surface area contributed by atoms with E-state index in [2.05, 4.69) is 30.0 Å². The van der Waals surface area contributed by atoms with Gasteiger partial charge in [0, 0.05) is 68.9 Å². The van der Waals surface area contributed by atoms with Crippen molar-refractivity contribution in [3.63, 3.8) is 0 Å². The predicted octanol–water partition coefficient (Wildman–Crippen LogP) is 2.40. The third-order valence-corrected chi connectivity index (χ3v) is 8.36. The molecular weight excluding hydrogens is 406 g/mol. The Morgan fingerprint density at radius 3 is 2.19 bits per heavy atom. The third kappa shape index (κ3) is 2.93. The largest absolute Gasteiger partial charge is 0.444 e. The standard InChI is InChI=1S/C23H31N7O2/c1-14-18(32-15(2)24-14)7-28-8-23(9-28)12-30(13-23)21(31)29-10-22(11-29)5-17(6-22)20-25-19(26-27-20)16-3-4-16/h16-17H,3-13H2,1-2H3,(H,25,26,27). The molecule has 9 nitrogen and oxygen atoms in total. The van der Waals surface area contributed by atoms with Gasteiger partial charge < -0.3 is 19.2 Å². The predicted molar refractivity (Wildman–Crippen MR) is 115 cm³/mol. The smallest absolute Gasteiger partial charge is 0.320 e. The van der Waals surface area contributed by atoms with Crippen molar-refractivity contribution < 1.29 is 9.21 Å². The minimum Gasteiger partial charge on any atom is -0.444 e. The van der Waals surface area contributed by atoms with E-state index < -0.39 is 0 Å². The van der Waals surface area contributed by atoms with E-state index >= 15 is 0 Å². The van der Waals surface area contributed by atoms with E-state index in [0.29, 0.717) is 22.7 Å².